The molecule has 220 valence electrons. The second-order valence-corrected chi connectivity index (χ2v) is 15.0. The van der Waals surface area contributed by atoms with Gasteiger partial charge in [0, 0.05) is 42.1 Å². The van der Waals surface area contributed by atoms with Crippen LogP contribution in [0.1, 0.15) is 67.4 Å². The Kier molecular flexibility index (Phi) is 7.47. The minimum atomic E-state index is -4.00. The first-order chi connectivity index (χ1) is 19.5. The molecule has 5 atom stereocenters. The highest BCUT2D eigenvalue weighted by Crippen LogP contribution is 2.46. The first-order valence-corrected chi connectivity index (χ1v) is 16.6. The molecule has 1 spiro atoms. The lowest BCUT2D eigenvalue weighted by atomic mass is 9.69. The van der Waals surface area contributed by atoms with E-state index < -0.39 is 27.1 Å². The number of hydrogen-bond acceptors (Lipinski definition) is 6. The summed E-state index contributed by atoms with van der Waals surface area (Å²) in [6.07, 6.45) is 5.17. The number of ether oxygens (including phenoxy) is 1. The minimum Gasteiger partial charge on any atom is -0.490 e. The Hall–Kier alpha value is -2.78. The minimum absolute atomic E-state index is 0.0852. The zero-order valence-corrected chi connectivity index (χ0v) is 25.2. The van der Waals surface area contributed by atoms with Gasteiger partial charge in [-0.25, -0.2) is 13.1 Å². The normalized spacial score (nSPS) is 31.4. The van der Waals surface area contributed by atoms with Crippen LogP contribution in [-0.2, 0) is 26.7 Å². The molecule has 6 rings (SSSR count). The maximum absolute atomic E-state index is 13.3. The van der Waals surface area contributed by atoms with E-state index in [4.69, 9.17) is 16.3 Å². The van der Waals surface area contributed by atoms with E-state index in [9.17, 15) is 18.0 Å². The predicted molar refractivity (Wildman–Crippen MR) is 159 cm³/mol. The third kappa shape index (κ3) is 5.43. The van der Waals surface area contributed by atoms with Crippen LogP contribution in [0, 0.1) is 17.8 Å². The fraction of sp³-hybridized carbons (Fsp3) is 0.548. The average Bonchev–Trinajstić information content (AvgIpc) is 3.06. The highest BCUT2D eigenvalue weighted by Gasteiger charge is 2.43. The van der Waals surface area contributed by atoms with E-state index in [1.54, 1.807) is 32.0 Å². The number of carbonyl (C=O) groups is 2. The van der Waals surface area contributed by atoms with Crippen LogP contribution in [-0.4, -0.2) is 51.7 Å². The SMILES string of the molecule is C[C@H]1CC(=O)NC[C@@H]2CC[C@H]2CN2C[C@@]3(CCCc4cc(Cl)ccc43)COc3ccc(cc32)C(=O)NS(=O)(=O)[C@H]1C. The summed E-state index contributed by atoms with van der Waals surface area (Å²) in [5, 5.41) is 2.88. The van der Waals surface area contributed by atoms with E-state index in [1.165, 1.54) is 11.1 Å². The van der Waals surface area contributed by atoms with Gasteiger partial charge in [-0.05, 0) is 98.2 Å². The summed E-state index contributed by atoms with van der Waals surface area (Å²) >= 11 is 6.37. The average molecular weight is 600 g/mol. The topological polar surface area (TPSA) is 105 Å². The van der Waals surface area contributed by atoms with Gasteiger partial charge in [-0.1, -0.05) is 24.6 Å². The molecular weight excluding hydrogens is 562 g/mol. The van der Waals surface area contributed by atoms with Gasteiger partial charge in [0.05, 0.1) is 17.5 Å². The fourth-order valence-corrected chi connectivity index (χ4v) is 8.51. The van der Waals surface area contributed by atoms with Crippen molar-refractivity contribution in [3.8, 4) is 5.75 Å². The molecule has 2 aliphatic carbocycles. The number of nitrogens with zero attached hydrogens (tertiary/aromatic N) is 1. The zero-order valence-electron chi connectivity index (χ0n) is 23.6. The number of anilines is 1. The molecular formula is C31H38ClN3O5S. The van der Waals surface area contributed by atoms with E-state index in [-0.39, 0.29) is 23.3 Å². The maximum Gasteiger partial charge on any atom is 0.264 e. The molecule has 41 heavy (non-hydrogen) atoms. The maximum atomic E-state index is 13.3. The van der Waals surface area contributed by atoms with Crippen molar-refractivity contribution in [3.63, 3.8) is 0 Å². The van der Waals surface area contributed by atoms with Crippen molar-refractivity contribution in [3.05, 3.63) is 58.1 Å². The van der Waals surface area contributed by atoms with Crippen LogP contribution in [0.2, 0.25) is 5.02 Å². The highest BCUT2D eigenvalue weighted by atomic mass is 35.5. The third-order valence-corrected chi connectivity index (χ3v) is 12.1. The molecule has 2 aliphatic heterocycles. The number of sulfonamides is 1. The number of benzene rings is 2. The molecule has 2 aromatic rings. The van der Waals surface area contributed by atoms with Crippen molar-refractivity contribution in [2.75, 3.05) is 31.1 Å². The van der Waals surface area contributed by atoms with Crippen molar-refractivity contribution in [2.24, 2.45) is 17.8 Å². The molecule has 2 amide bonds. The van der Waals surface area contributed by atoms with E-state index in [0.29, 0.717) is 37.3 Å². The lowest BCUT2D eigenvalue weighted by molar-refractivity contribution is -0.122. The number of rotatable bonds is 0. The largest absolute Gasteiger partial charge is 0.490 e. The Morgan fingerprint density at radius 2 is 1.88 bits per heavy atom. The highest BCUT2D eigenvalue weighted by molar-refractivity contribution is 7.90. The molecule has 2 bridgehead atoms. The Morgan fingerprint density at radius 1 is 1.07 bits per heavy atom. The molecule has 0 radical (unpaired) electrons. The van der Waals surface area contributed by atoms with Gasteiger partial charge in [0.2, 0.25) is 15.9 Å². The van der Waals surface area contributed by atoms with Crippen LogP contribution in [0.15, 0.2) is 36.4 Å². The number of carbonyl (C=O) groups excluding carboxylic acids is 2. The fourth-order valence-electron chi connectivity index (χ4n) is 7.05. The second kappa shape index (κ2) is 10.8. The van der Waals surface area contributed by atoms with Crippen molar-refractivity contribution in [1.29, 1.82) is 0 Å². The number of halogens is 1. The number of hydrogen-bond donors (Lipinski definition) is 2. The van der Waals surface area contributed by atoms with Gasteiger partial charge in [-0.15, -0.1) is 0 Å². The Balaban J connectivity index is 1.40. The molecule has 4 aliphatic rings. The molecule has 2 N–H and O–H groups in total. The van der Waals surface area contributed by atoms with Crippen molar-refractivity contribution < 1.29 is 22.7 Å². The van der Waals surface area contributed by atoms with Crippen LogP contribution >= 0.6 is 11.6 Å². The van der Waals surface area contributed by atoms with Crippen molar-refractivity contribution >= 4 is 39.1 Å². The first kappa shape index (κ1) is 28.3. The van der Waals surface area contributed by atoms with Crippen LogP contribution in [0.3, 0.4) is 0 Å². The zero-order chi connectivity index (χ0) is 28.9. The second-order valence-electron chi connectivity index (χ2n) is 12.6. The van der Waals surface area contributed by atoms with Crippen LogP contribution in [0.4, 0.5) is 5.69 Å². The van der Waals surface area contributed by atoms with E-state index in [0.717, 1.165) is 49.4 Å². The summed E-state index contributed by atoms with van der Waals surface area (Å²) in [6.45, 7) is 5.83. The molecule has 0 saturated heterocycles. The lowest BCUT2D eigenvalue weighted by Crippen LogP contribution is -2.49. The molecule has 0 unspecified atom stereocenters. The van der Waals surface area contributed by atoms with Crippen molar-refractivity contribution in [2.45, 2.75) is 63.0 Å². The Morgan fingerprint density at radius 3 is 2.66 bits per heavy atom. The molecule has 1 fully saturated rings. The Bertz CT molecular complexity index is 1480. The predicted octanol–water partition coefficient (Wildman–Crippen LogP) is 4.44. The van der Waals surface area contributed by atoms with E-state index in [1.807, 2.05) is 6.07 Å². The van der Waals surface area contributed by atoms with Crippen LogP contribution in [0.25, 0.3) is 0 Å². The van der Waals surface area contributed by atoms with Gasteiger partial charge in [-0.3, -0.25) is 9.59 Å². The number of amides is 2. The lowest BCUT2D eigenvalue weighted by Gasteiger charge is -2.44. The molecule has 2 heterocycles. The molecule has 2 aromatic carbocycles. The molecule has 0 aromatic heterocycles. The first-order valence-electron chi connectivity index (χ1n) is 14.7. The van der Waals surface area contributed by atoms with Gasteiger partial charge in [0.15, 0.2) is 0 Å². The standard InChI is InChI=1S/C31H38ClN3O5S/c1-19-12-29(36)33-15-23-5-6-24(23)16-35-17-31(11-3-4-21-13-25(32)8-9-26(21)31)18-40-28-10-7-22(14-27(28)35)30(37)34-41(38,39)20(19)2/h7-10,13-14,19-20,23-24H,3-6,11-12,15-18H2,1-2H3,(H,33,36)(H,34,37)/t19-,20-,23-,24-,31-/m0/s1. The summed E-state index contributed by atoms with van der Waals surface area (Å²) in [5.41, 5.74) is 3.34. The quantitative estimate of drug-likeness (QED) is 0.464. The van der Waals surface area contributed by atoms with E-state index >= 15 is 0 Å². The summed E-state index contributed by atoms with van der Waals surface area (Å²) in [6, 6.07) is 11.4. The summed E-state index contributed by atoms with van der Waals surface area (Å²) in [7, 11) is -4.00. The summed E-state index contributed by atoms with van der Waals surface area (Å²) < 4.78 is 35.0. The molecule has 8 nitrogen and oxygen atoms in total. The van der Waals surface area contributed by atoms with Crippen LogP contribution in [0.5, 0.6) is 5.75 Å². The van der Waals surface area contributed by atoms with E-state index in [2.05, 4.69) is 27.1 Å². The molecule has 1 saturated carbocycles. The smallest absolute Gasteiger partial charge is 0.264 e. The number of fused-ring (bicyclic) bond motifs is 4. The van der Waals surface area contributed by atoms with Crippen LogP contribution < -0.4 is 19.7 Å². The van der Waals surface area contributed by atoms with Crippen molar-refractivity contribution in [1.82, 2.24) is 10.0 Å². The van der Waals surface area contributed by atoms with Gasteiger partial charge < -0.3 is 15.0 Å². The van der Waals surface area contributed by atoms with Gasteiger partial charge in [0.25, 0.3) is 5.91 Å². The summed E-state index contributed by atoms with van der Waals surface area (Å²) in [5.74, 6) is 0.127. The van der Waals surface area contributed by atoms with Gasteiger partial charge in [0.1, 0.15) is 5.75 Å². The summed E-state index contributed by atoms with van der Waals surface area (Å²) in [4.78, 5) is 28.4. The monoisotopic (exact) mass is 599 g/mol. The third-order valence-electron chi connectivity index (χ3n) is 9.92. The number of aryl methyl sites for hydroxylation is 1. The van der Waals surface area contributed by atoms with Gasteiger partial charge in [-0.2, -0.15) is 0 Å². The molecule has 10 heteroatoms. The Labute approximate surface area is 247 Å². The number of nitrogens with one attached hydrogen (secondary N) is 2. The van der Waals surface area contributed by atoms with Gasteiger partial charge >= 0.3 is 0 Å².